The van der Waals surface area contributed by atoms with Crippen LogP contribution in [0.25, 0.3) is 0 Å². The van der Waals surface area contributed by atoms with E-state index in [4.69, 9.17) is 9.84 Å². The van der Waals surface area contributed by atoms with Gasteiger partial charge < -0.3 is 24.2 Å². The number of aliphatic carboxylic acids is 2. The van der Waals surface area contributed by atoms with E-state index in [-0.39, 0.29) is 19.3 Å². The first-order valence-electron chi connectivity index (χ1n) is 8.01. The van der Waals surface area contributed by atoms with E-state index in [1.54, 1.807) is 0 Å². The van der Waals surface area contributed by atoms with Gasteiger partial charge in [0, 0.05) is 25.2 Å². The lowest BCUT2D eigenvalue weighted by atomic mass is 10.1. The zero-order chi connectivity index (χ0) is 17.9. The number of ether oxygens (including phenoxy) is 1. The number of nitrogens with zero attached hydrogens (tertiary/aromatic N) is 1. The molecule has 1 N–H and O–H groups in total. The summed E-state index contributed by atoms with van der Waals surface area (Å²) in [5.74, 6) is -2.41. The van der Waals surface area contributed by atoms with Gasteiger partial charge in [-0.05, 0) is 12.8 Å². The van der Waals surface area contributed by atoms with Crippen molar-refractivity contribution in [2.75, 3.05) is 27.7 Å². The molecular weight excluding hydrogens is 302 g/mol. The van der Waals surface area contributed by atoms with Gasteiger partial charge in [-0.15, -0.1) is 0 Å². The van der Waals surface area contributed by atoms with Crippen molar-refractivity contribution in [3.8, 4) is 0 Å². The van der Waals surface area contributed by atoms with Gasteiger partial charge in [-0.1, -0.05) is 19.3 Å². The summed E-state index contributed by atoms with van der Waals surface area (Å²) >= 11 is 0. The smallest absolute Gasteiger partial charge is 0.306 e. The average molecular weight is 331 g/mol. The Hall–Kier alpha value is -1.63. The molecular formula is C16H29NO6. The highest BCUT2D eigenvalue weighted by atomic mass is 16.5. The molecule has 23 heavy (non-hydrogen) atoms. The molecule has 0 aliphatic carbocycles. The first kappa shape index (κ1) is 21.4. The summed E-state index contributed by atoms with van der Waals surface area (Å²) in [6.45, 7) is 0.412. The van der Waals surface area contributed by atoms with Crippen LogP contribution in [0, 0.1) is 0 Å². The Kier molecular flexibility index (Phi) is 10.2. The van der Waals surface area contributed by atoms with E-state index in [0.29, 0.717) is 23.9 Å². The summed E-state index contributed by atoms with van der Waals surface area (Å²) < 4.78 is 5.74. The van der Waals surface area contributed by atoms with Gasteiger partial charge in [0.1, 0.15) is 6.54 Å². The fourth-order valence-corrected chi connectivity index (χ4v) is 2.26. The van der Waals surface area contributed by atoms with Crippen LogP contribution in [-0.2, 0) is 19.1 Å². The van der Waals surface area contributed by atoms with E-state index in [9.17, 15) is 19.5 Å². The maximum atomic E-state index is 11.8. The van der Waals surface area contributed by atoms with E-state index < -0.39 is 24.0 Å². The normalized spacial score (nSPS) is 12.7. The Labute approximate surface area is 137 Å². The Balaban J connectivity index is 3.94. The van der Waals surface area contributed by atoms with E-state index in [1.807, 2.05) is 21.1 Å². The average Bonchev–Trinajstić information content (AvgIpc) is 2.34. The number of carboxylic acid groups (broad SMARTS) is 2. The van der Waals surface area contributed by atoms with E-state index >= 15 is 0 Å². The van der Waals surface area contributed by atoms with Crippen molar-refractivity contribution in [1.82, 2.24) is 0 Å². The summed E-state index contributed by atoms with van der Waals surface area (Å²) in [5.41, 5.74) is 0. The van der Waals surface area contributed by atoms with E-state index in [1.165, 1.54) is 0 Å². The third-order valence-electron chi connectivity index (χ3n) is 3.22. The molecule has 0 rings (SSSR count). The summed E-state index contributed by atoms with van der Waals surface area (Å²) in [5, 5.41) is 19.2. The van der Waals surface area contributed by atoms with Crippen molar-refractivity contribution >= 4 is 17.9 Å². The number of likely N-dealkylation sites (N-methyl/N-ethyl adjacent to an activating group) is 1. The molecule has 0 amide bonds. The minimum Gasteiger partial charge on any atom is -0.550 e. The van der Waals surface area contributed by atoms with Crippen molar-refractivity contribution < 1.29 is 33.8 Å². The summed E-state index contributed by atoms with van der Waals surface area (Å²) in [6, 6.07) is 0. The molecule has 0 aromatic carbocycles. The Morgan fingerprint density at radius 2 is 1.52 bits per heavy atom. The molecule has 1 atom stereocenters. The van der Waals surface area contributed by atoms with Gasteiger partial charge in [-0.3, -0.25) is 9.59 Å². The van der Waals surface area contributed by atoms with Gasteiger partial charge in [-0.2, -0.15) is 0 Å². The third-order valence-corrected chi connectivity index (χ3v) is 3.22. The quantitative estimate of drug-likeness (QED) is 0.300. The molecule has 7 heteroatoms. The number of hydrogen-bond acceptors (Lipinski definition) is 5. The van der Waals surface area contributed by atoms with E-state index in [0.717, 1.165) is 19.3 Å². The topological polar surface area (TPSA) is 104 Å². The highest BCUT2D eigenvalue weighted by molar-refractivity contribution is 5.70. The maximum absolute atomic E-state index is 11.8. The lowest BCUT2D eigenvalue weighted by Gasteiger charge is -2.29. The number of esters is 1. The van der Waals surface area contributed by atoms with Crippen LogP contribution in [-0.4, -0.2) is 61.3 Å². The molecule has 0 radical (unpaired) electrons. The fourth-order valence-electron chi connectivity index (χ4n) is 2.26. The molecule has 0 aromatic rings. The van der Waals surface area contributed by atoms with Gasteiger partial charge in [-0.25, -0.2) is 0 Å². The van der Waals surface area contributed by atoms with Crippen LogP contribution in [0.3, 0.4) is 0 Å². The summed E-state index contributed by atoms with van der Waals surface area (Å²) in [7, 11) is 5.69. The first-order valence-corrected chi connectivity index (χ1v) is 8.01. The second kappa shape index (κ2) is 11.0. The fraction of sp³-hybridized carbons (Fsp3) is 0.812. The molecule has 0 fully saturated rings. The number of carbonyl (C=O) groups is 3. The van der Waals surface area contributed by atoms with Crippen LogP contribution in [0.2, 0.25) is 0 Å². The van der Waals surface area contributed by atoms with Crippen LogP contribution in [0.1, 0.15) is 51.4 Å². The summed E-state index contributed by atoms with van der Waals surface area (Å²) in [4.78, 5) is 32.9. The molecule has 0 aromatic heterocycles. The van der Waals surface area contributed by atoms with Crippen molar-refractivity contribution in [3.63, 3.8) is 0 Å². The van der Waals surface area contributed by atoms with Crippen LogP contribution in [0.4, 0.5) is 0 Å². The van der Waals surface area contributed by atoms with Crippen molar-refractivity contribution in [1.29, 1.82) is 0 Å². The first-order chi connectivity index (χ1) is 10.6. The number of carboxylic acids is 2. The molecule has 134 valence electrons. The molecule has 0 spiro atoms. The Morgan fingerprint density at radius 3 is 2.00 bits per heavy atom. The van der Waals surface area contributed by atoms with Crippen LogP contribution < -0.4 is 5.11 Å². The second-order valence-electron chi connectivity index (χ2n) is 6.82. The predicted octanol–water partition coefficient (Wildman–Crippen LogP) is 0.560. The second-order valence-corrected chi connectivity index (χ2v) is 6.82. The lowest BCUT2D eigenvalue weighted by molar-refractivity contribution is -0.873. The van der Waals surface area contributed by atoms with Gasteiger partial charge in [0.2, 0.25) is 0 Å². The molecule has 0 bridgehead atoms. The summed E-state index contributed by atoms with van der Waals surface area (Å²) in [6.07, 6.45) is 3.30. The van der Waals surface area contributed by atoms with Crippen molar-refractivity contribution in [2.45, 2.75) is 57.5 Å². The standard InChI is InChI=1S/C16H29NO6/c1-17(2,3)12-13(11-15(20)21)23-16(22)10-8-6-4-5-7-9-14(18)19/h13H,4-12H2,1-3H3,(H-,18,19,20,21)/t13-/m1/s1. The monoisotopic (exact) mass is 331 g/mol. The van der Waals surface area contributed by atoms with Gasteiger partial charge in [0.15, 0.2) is 6.10 Å². The number of quaternary nitrogens is 1. The Morgan fingerprint density at radius 1 is 1.00 bits per heavy atom. The largest absolute Gasteiger partial charge is 0.550 e. The molecule has 0 heterocycles. The van der Waals surface area contributed by atoms with Crippen LogP contribution >= 0.6 is 0 Å². The highest BCUT2D eigenvalue weighted by Gasteiger charge is 2.22. The molecule has 7 nitrogen and oxygen atoms in total. The number of rotatable bonds is 13. The minimum absolute atomic E-state index is 0.179. The highest BCUT2D eigenvalue weighted by Crippen LogP contribution is 2.10. The molecule has 0 aliphatic rings. The molecule has 0 aliphatic heterocycles. The van der Waals surface area contributed by atoms with Gasteiger partial charge >= 0.3 is 11.9 Å². The van der Waals surface area contributed by atoms with Gasteiger partial charge in [0.25, 0.3) is 0 Å². The Bertz CT molecular complexity index is 389. The van der Waals surface area contributed by atoms with Gasteiger partial charge in [0.05, 0.1) is 21.1 Å². The SMILES string of the molecule is C[N+](C)(C)C[C@@H](CC(=O)[O-])OC(=O)CCCCCCCC(=O)O. The predicted molar refractivity (Wildman–Crippen MR) is 82.4 cm³/mol. The zero-order valence-corrected chi connectivity index (χ0v) is 14.4. The van der Waals surface area contributed by atoms with Crippen LogP contribution in [0.15, 0.2) is 0 Å². The molecule has 0 saturated heterocycles. The number of unbranched alkanes of at least 4 members (excludes halogenated alkanes) is 4. The third kappa shape index (κ3) is 15.1. The van der Waals surface area contributed by atoms with Crippen LogP contribution in [0.5, 0.6) is 0 Å². The van der Waals surface area contributed by atoms with E-state index in [2.05, 4.69) is 0 Å². The number of carbonyl (C=O) groups excluding carboxylic acids is 2. The number of hydrogen-bond donors (Lipinski definition) is 1. The maximum Gasteiger partial charge on any atom is 0.306 e. The molecule has 0 saturated carbocycles. The molecule has 0 unspecified atom stereocenters. The lowest BCUT2D eigenvalue weighted by Crippen LogP contribution is -2.45. The van der Waals surface area contributed by atoms with Crippen molar-refractivity contribution in [3.05, 3.63) is 0 Å². The zero-order valence-electron chi connectivity index (χ0n) is 14.4. The minimum atomic E-state index is -1.23. The van der Waals surface area contributed by atoms with Crippen molar-refractivity contribution in [2.24, 2.45) is 0 Å².